The number of benzene rings is 4. The summed E-state index contributed by atoms with van der Waals surface area (Å²) in [5.41, 5.74) is 26.4. The van der Waals surface area contributed by atoms with Crippen molar-refractivity contribution in [3.05, 3.63) is 204 Å². The summed E-state index contributed by atoms with van der Waals surface area (Å²) in [5.74, 6) is -1.42. The van der Waals surface area contributed by atoms with Gasteiger partial charge in [-0.1, -0.05) is 12.1 Å². The number of fused-ring (bicyclic) bond motifs is 3. The van der Waals surface area contributed by atoms with E-state index < -0.39 is 11.8 Å². The number of carbonyl (C=O) groups excluding carboxylic acids is 2. The summed E-state index contributed by atoms with van der Waals surface area (Å²) >= 11 is 1.35. The Morgan fingerprint density at radius 1 is 0.543 bits per heavy atom. The number of imidazole rings is 3. The Bertz CT molecular complexity index is 4600. The molecule has 3 aliphatic heterocycles. The molecule has 3 saturated heterocycles. The molecule has 3 fully saturated rings. The molecule has 11 heterocycles. The van der Waals surface area contributed by atoms with E-state index in [1.54, 1.807) is 55.1 Å². The number of ether oxygens (including phenoxy) is 1. The van der Waals surface area contributed by atoms with Crippen LogP contribution in [0.2, 0.25) is 0 Å². The van der Waals surface area contributed by atoms with Crippen molar-refractivity contribution in [2.45, 2.75) is 19.9 Å². The number of hydrogen-bond donors (Lipinski definition) is 6. The molecule has 12 aromatic rings. The molecule has 0 radical (unpaired) electrons. The number of carbonyl (C=O) groups is 2. The first kappa shape index (κ1) is 62.2. The van der Waals surface area contributed by atoms with E-state index in [1.807, 2.05) is 115 Å². The topological polar surface area (TPSA) is 228 Å². The van der Waals surface area contributed by atoms with Crippen LogP contribution in [0.3, 0.4) is 0 Å². The van der Waals surface area contributed by atoms with Crippen molar-refractivity contribution in [2.24, 2.45) is 11.5 Å². The molecule has 15 rings (SSSR count). The summed E-state index contributed by atoms with van der Waals surface area (Å²) in [4.78, 5) is 48.3. The molecule has 21 nitrogen and oxygen atoms in total. The number of likely N-dealkylation sites (N-methyl/N-ethyl adjacent to an activating group) is 1. The molecule has 8 aromatic heterocycles. The molecule has 0 unspecified atom stereocenters. The number of pyridine rings is 3. The zero-order valence-electron chi connectivity index (χ0n) is 52.3. The number of morpholine rings is 1. The molecule has 0 bridgehead atoms. The Hall–Kier alpha value is -10.7. The lowest BCUT2D eigenvalue weighted by molar-refractivity contribution is 0.0993. The van der Waals surface area contributed by atoms with Gasteiger partial charge in [0, 0.05) is 160 Å². The number of rotatable bonds is 15. The van der Waals surface area contributed by atoms with Crippen LogP contribution in [0.1, 0.15) is 33.9 Å². The van der Waals surface area contributed by atoms with Crippen LogP contribution in [0.25, 0.3) is 50.7 Å². The van der Waals surface area contributed by atoms with Gasteiger partial charge in [0.05, 0.1) is 69.8 Å². The fraction of sp³-hybridized carbons (Fsp3) is 0.229. The first-order valence-electron chi connectivity index (χ1n) is 31.2. The van der Waals surface area contributed by atoms with Crippen LogP contribution in [-0.4, -0.2) is 152 Å². The van der Waals surface area contributed by atoms with Gasteiger partial charge in [0.1, 0.15) is 11.6 Å². The molecular weight excluding hydrogens is 1210 g/mol. The monoisotopic (exact) mass is 1280 g/mol. The maximum atomic E-state index is 14.9. The van der Waals surface area contributed by atoms with Crippen LogP contribution in [0.15, 0.2) is 182 Å². The molecular formula is C70H72F2N18O3S. The van der Waals surface area contributed by atoms with Crippen molar-refractivity contribution in [1.29, 1.82) is 0 Å². The molecule has 0 aliphatic carbocycles. The van der Waals surface area contributed by atoms with Crippen LogP contribution < -0.4 is 42.1 Å². The number of hydrogen-bond acceptors (Lipinski definition) is 16. The van der Waals surface area contributed by atoms with E-state index in [0.717, 1.165) is 126 Å². The SMILES string of the molecule is CC(C)N1CCN(c2ccc(Nc3ccc(-c4csc(C(N)=O)c4)n4ccnc34)cc2)CC1.CN1CCN(c2ccc(Nc3ccc(-c4cn[nH]c4)n4ccnc34)c(F)c2)CC1.NC(=O)c1ccc(-c2ccc(Nc3ccc(N4CCOCC4)c(F)c3)c3nccn23)cc1. The van der Waals surface area contributed by atoms with Gasteiger partial charge in [0.2, 0.25) is 5.91 Å². The molecule has 8 N–H and O–H groups in total. The summed E-state index contributed by atoms with van der Waals surface area (Å²) in [6.45, 7) is 15.2. The Kier molecular flexibility index (Phi) is 18.3. The van der Waals surface area contributed by atoms with E-state index in [0.29, 0.717) is 65.5 Å². The van der Waals surface area contributed by atoms with Crippen molar-refractivity contribution < 1.29 is 23.1 Å². The maximum absolute atomic E-state index is 14.9. The third-order valence-electron chi connectivity index (χ3n) is 17.3. The van der Waals surface area contributed by atoms with Gasteiger partial charge in [-0.15, -0.1) is 11.3 Å². The number of H-pyrrole nitrogens is 1. The molecule has 3 aliphatic rings. The number of thiophene rings is 1. The van der Waals surface area contributed by atoms with Gasteiger partial charge in [-0.2, -0.15) is 5.10 Å². The molecule has 0 atom stereocenters. The van der Waals surface area contributed by atoms with Crippen LogP contribution in [0.4, 0.5) is 60.0 Å². The fourth-order valence-corrected chi connectivity index (χ4v) is 12.8. The molecule has 0 spiro atoms. The Labute approximate surface area is 545 Å². The second-order valence-corrected chi connectivity index (χ2v) is 24.4. The van der Waals surface area contributed by atoms with Crippen molar-refractivity contribution in [3.63, 3.8) is 0 Å². The highest BCUT2D eigenvalue weighted by Crippen LogP contribution is 2.35. The molecule has 0 saturated carbocycles. The molecule has 24 heteroatoms. The standard InChI is InChI=1S/C25H28N6OS.C24H22FN5O2.C21H22FN7/c1-17(2)29-11-13-30(14-12-29)20-5-3-19(4-6-20)28-21-7-8-22(31-10-9-27-25(21)31)18-15-23(24(26)32)33-16-18;25-19-15-18(5-7-22(19)29-11-13-32-14-12-29)28-20-6-8-21(30-10-9-27-24(20)30)16-1-3-17(4-2-16)23(26)31;1-27-8-10-28(11-9-27)16-2-3-18(17(22)12-16)26-19-4-5-20(15-13-24-25-14-15)29-7-6-23-21(19)29/h3-10,15-17,28H,11-14H2,1-2H3,(H2,26,32);1-10,15,28H,11-14H2,(H2,26,31);2-7,12-14,26H,8-11H2,1H3,(H,24,25). The number of anilines is 9. The number of amides is 2. The number of nitrogens with zero attached hydrogens (tertiary/aromatic N) is 12. The summed E-state index contributed by atoms with van der Waals surface area (Å²) in [5, 5.41) is 18.8. The average molecular weight is 1280 g/mol. The van der Waals surface area contributed by atoms with Gasteiger partial charge in [-0.05, 0) is 142 Å². The average Bonchev–Trinajstić information content (AvgIpc) is 1.55. The normalized spacial score (nSPS) is 14.6. The third-order valence-corrected chi connectivity index (χ3v) is 18.2. The van der Waals surface area contributed by atoms with E-state index in [4.69, 9.17) is 16.2 Å². The van der Waals surface area contributed by atoms with E-state index >= 15 is 0 Å². The number of aromatic nitrogens is 8. The Balaban J connectivity index is 0.000000128. The number of piperazine rings is 2. The second-order valence-electron chi connectivity index (χ2n) is 23.5. The third kappa shape index (κ3) is 13.6. The highest BCUT2D eigenvalue weighted by Gasteiger charge is 2.22. The highest BCUT2D eigenvalue weighted by atomic mass is 32.1. The lowest BCUT2D eigenvalue weighted by Crippen LogP contribution is -2.48. The maximum Gasteiger partial charge on any atom is 0.258 e. The van der Waals surface area contributed by atoms with Gasteiger partial charge < -0.3 is 51.8 Å². The number of primary amides is 2. The number of halogens is 2. The first-order chi connectivity index (χ1) is 45.8. The predicted molar refractivity (Wildman–Crippen MR) is 370 cm³/mol. The summed E-state index contributed by atoms with van der Waals surface area (Å²) < 4.78 is 40.9. The Morgan fingerprint density at radius 2 is 1.09 bits per heavy atom. The van der Waals surface area contributed by atoms with Gasteiger partial charge in [0.25, 0.3) is 5.91 Å². The lowest BCUT2D eigenvalue weighted by atomic mass is 10.1. The summed E-state index contributed by atoms with van der Waals surface area (Å²) in [6.07, 6.45) is 14.5. The van der Waals surface area contributed by atoms with Crippen molar-refractivity contribution >= 4 is 91.3 Å². The van der Waals surface area contributed by atoms with Gasteiger partial charge in [-0.3, -0.25) is 32.8 Å². The van der Waals surface area contributed by atoms with Crippen molar-refractivity contribution in [1.82, 2.24) is 48.2 Å². The van der Waals surface area contributed by atoms with Crippen LogP contribution in [-0.2, 0) is 4.74 Å². The number of aromatic amines is 1. The smallest absolute Gasteiger partial charge is 0.258 e. The zero-order valence-corrected chi connectivity index (χ0v) is 53.1. The first-order valence-corrected chi connectivity index (χ1v) is 32.1. The Morgan fingerprint density at radius 3 is 1.64 bits per heavy atom. The van der Waals surface area contributed by atoms with Gasteiger partial charge >= 0.3 is 0 Å². The van der Waals surface area contributed by atoms with Crippen LogP contribution in [0, 0.1) is 11.6 Å². The lowest BCUT2D eigenvalue weighted by Gasteiger charge is -2.38. The van der Waals surface area contributed by atoms with Gasteiger partial charge in [0.15, 0.2) is 16.9 Å². The van der Waals surface area contributed by atoms with Crippen LogP contribution >= 0.6 is 11.3 Å². The number of nitrogens with two attached hydrogens (primary N) is 2. The second kappa shape index (κ2) is 27.7. The van der Waals surface area contributed by atoms with Crippen LogP contribution in [0.5, 0.6) is 0 Å². The largest absolute Gasteiger partial charge is 0.378 e. The molecule has 480 valence electrons. The van der Waals surface area contributed by atoms with Crippen molar-refractivity contribution in [3.8, 4) is 33.8 Å². The van der Waals surface area contributed by atoms with E-state index in [9.17, 15) is 18.4 Å². The number of nitrogens with one attached hydrogen (secondary N) is 4. The molecule has 94 heavy (non-hydrogen) atoms. The van der Waals surface area contributed by atoms with Gasteiger partial charge in [-0.25, -0.2) is 23.7 Å². The minimum absolute atomic E-state index is 0.273. The molecule has 2 amide bonds. The minimum atomic E-state index is -0.462. The predicted octanol–water partition coefficient (Wildman–Crippen LogP) is 11.6. The van der Waals surface area contributed by atoms with E-state index in [-0.39, 0.29) is 11.6 Å². The summed E-state index contributed by atoms with van der Waals surface area (Å²) in [7, 11) is 2.11. The van der Waals surface area contributed by atoms with Crippen molar-refractivity contribution in [2.75, 3.05) is 116 Å². The minimum Gasteiger partial charge on any atom is -0.378 e. The van der Waals surface area contributed by atoms with E-state index in [2.05, 4.69) is 106 Å². The fourth-order valence-electron chi connectivity index (χ4n) is 12.1. The zero-order chi connectivity index (χ0) is 64.8. The van der Waals surface area contributed by atoms with E-state index in [1.165, 1.54) is 23.1 Å². The quantitative estimate of drug-likeness (QED) is 0.0561. The highest BCUT2D eigenvalue weighted by molar-refractivity contribution is 7.12. The molecule has 4 aromatic carbocycles. The summed E-state index contributed by atoms with van der Waals surface area (Å²) in [6, 6.07) is 40.5.